The Labute approximate surface area is 154 Å². The molecule has 0 aliphatic rings. The van der Waals surface area contributed by atoms with Gasteiger partial charge in [-0.25, -0.2) is 12.7 Å². The average molecular weight is 376 g/mol. The van der Waals surface area contributed by atoms with Gasteiger partial charge in [-0.1, -0.05) is 12.1 Å². The number of rotatable bonds is 6. The molecule has 0 bridgehead atoms. The number of hydrogen-bond donors (Lipinski definition) is 1. The summed E-state index contributed by atoms with van der Waals surface area (Å²) >= 11 is 0. The van der Waals surface area contributed by atoms with E-state index in [1.807, 2.05) is 19.9 Å². The molecule has 0 spiro atoms. The number of carbonyl (C=O) groups is 1. The van der Waals surface area contributed by atoms with Gasteiger partial charge in [0.05, 0.1) is 11.5 Å². The van der Waals surface area contributed by atoms with Gasteiger partial charge in [-0.05, 0) is 54.8 Å². The summed E-state index contributed by atoms with van der Waals surface area (Å²) in [6.07, 6.45) is 0. The van der Waals surface area contributed by atoms with E-state index in [4.69, 9.17) is 4.74 Å². The number of nitrogens with zero attached hydrogens (tertiary/aromatic N) is 1. The molecule has 0 aliphatic carbocycles. The van der Waals surface area contributed by atoms with Crippen molar-refractivity contribution in [2.24, 2.45) is 0 Å². The Morgan fingerprint density at radius 1 is 1.15 bits per heavy atom. The highest BCUT2D eigenvalue weighted by Crippen LogP contribution is 2.26. The van der Waals surface area contributed by atoms with Gasteiger partial charge in [0.1, 0.15) is 0 Å². The summed E-state index contributed by atoms with van der Waals surface area (Å²) in [5.74, 6) is -0.301. The van der Waals surface area contributed by atoms with Gasteiger partial charge in [0.25, 0.3) is 5.91 Å². The standard InChI is InChI=1S/C19H24N2O4S/c1-13-9-17(26(23,24)21(3)4)11-18(14(13)2)20-19(22)16-8-6-7-15(10-16)12-25-5/h6-11H,12H2,1-5H3,(H,20,22). The zero-order valence-corrected chi connectivity index (χ0v) is 16.5. The van der Waals surface area contributed by atoms with Crippen molar-refractivity contribution >= 4 is 21.6 Å². The number of amides is 1. The lowest BCUT2D eigenvalue weighted by molar-refractivity contribution is 0.102. The van der Waals surface area contributed by atoms with E-state index < -0.39 is 10.0 Å². The second kappa shape index (κ2) is 7.99. The number of hydrogen-bond acceptors (Lipinski definition) is 4. The molecule has 0 radical (unpaired) electrons. The van der Waals surface area contributed by atoms with Crippen LogP contribution in [0.1, 0.15) is 27.0 Å². The van der Waals surface area contributed by atoms with Crippen molar-refractivity contribution in [3.05, 3.63) is 58.7 Å². The zero-order valence-electron chi connectivity index (χ0n) is 15.7. The van der Waals surface area contributed by atoms with Crippen LogP contribution in [0.5, 0.6) is 0 Å². The normalized spacial score (nSPS) is 11.6. The molecule has 2 aromatic rings. The molecule has 0 saturated carbocycles. The summed E-state index contributed by atoms with van der Waals surface area (Å²) in [7, 11) is 0.958. The Bertz CT molecular complexity index is 921. The Balaban J connectivity index is 2.38. The van der Waals surface area contributed by atoms with E-state index in [2.05, 4.69) is 5.32 Å². The first kappa shape index (κ1) is 20.1. The molecule has 0 saturated heterocycles. The number of carbonyl (C=O) groups excluding carboxylic acids is 1. The van der Waals surface area contributed by atoms with Gasteiger partial charge < -0.3 is 10.1 Å². The summed E-state index contributed by atoms with van der Waals surface area (Å²) in [4.78, 5) is 12.8. The SMILES string of the molecule is COCc1cccc(C(=O)Nc2cc(S(=O)(=O)N(C)C)cc(C)c2C)c1. The van der Waals surface area contributed by atoms with Crippen molar-refractivity contribution in [3.63, 3.8) is 0 Å². The minimum Gasteiger partial charge on any atom is -0.380 e. The summed E-state index contributed by atoms with van der Waals surface area (Å²) in [5, 5.41) is 2.83. The second-order valence-corrected chi connectivity index (χ2v) is 8.44. The summed E-state index contributed by atoms with van der Waals surface area (Å²) in [6, 6.07) is 10.2. The van der Waals surface area contributed by atoms with E-state index in [0.29, 0.717) is 17.9 Å². The fraction of sp³-hybridized carbons (Fsp3) is 0.316. The molecule has 1 amide bonds. The lowest BCUT2D eigenvalue weighted by Gasteiger charge is -2.16. The highest BCUT2D eigenvalue weighted by atomic mass is 32.2. The van der Waals surface area contributed by atoms with Crippen LogP contribution in [0.25, 0.3) is 0 Å². The predicted octanol–water partition coefficient (Wildman–Crippen LogP) is 2.95. The van der Waals surface area contributed by atoms with Gasteiger partial charge in [-0.15, -0.1) is 0 Å². The molecule has 2 aromatic carbocycles. The van der Waals surface area contributed by atoms with Crippen LogP contribution in [-0.2, 0) is 21.4 Å². The summed E-state index contributed by atoms with van der Waals surface area (Å²) < 4.78 is 31.1. The maximum atomic E-state index is 12.6. The third kappa shape index (κ3) is 4.30. The largest absolute Gasteiger partial charge is 0.380 e. The lowest BCUT2D eigenvalue weighted by atomic mass is 10.1. The van der Waals surface area contributed by atoms with Gasteiger partial charge >= 0.3 is 0 Å². The van der Waals surface area contributed by atoms with Gasteiger partial charge in [0.15, 0.2) is 0 Å². The minimum absolute atomic E-state index is 0.147. The molecular formula is C19H24N2O4S. The number of ether oxygens (including phenoxy) is 1. The fourth-order valence-corrected chi connectivity index (χ4v) is 3.49. The van der Waals surface area contributed by atoms with E-state index in [0.717, 1.165) is 21.0 Å². The molecule has 1 N–H and O–H groups in total. The molecule has 0 heterocycles. The first-order valence-corrected chi connectivity index (χ1v) is 9.54. The van der Waals surface area contributed by atoms with Crippen molar-refractivity contribution in [1.82, 2.24) is 4.31 Å². The Hall–Kier alpha value is -2.22. The number of anilines is 1. The third-order valence-electron chi connectivity index (χ3n) is 4.17. The molecular weight excluding hydrogens is 352 g/mol. The van der Waals surface area contributed by atoms with Crippen molar-refractivity contribution in [1.29, 1.82) is 0 Å². The molecule has 0 fully saturated rings. The number of nitrogens with one attached hydrogen (secondary N) is 1. The minimum atomic E-state index is -3.59. The monoisotopic (exact) mass is 376 g/mol. The van der Waals surface area contributed by atoms with E-state index in [9.17, 15) is 13.2 Å². The average Bonchev–Trinajstić information content (AvgIpc) is 2.59. The fourth-order valence-electron chi connectivity index (χ4n) is 2.48. The van der Waals surface area contributed by atoms with Crippen LogP contribution in [0.2, 0.25) is 0 Å². The van der Waals surface area contributed by atoms with Crippen molar-refractivity contribution < 1.29 is 17.9 Å². The third-order valence-corrected chi connectivity index (χ3v) is 5.96. The number of sulfonamides is 1. The van der Waals surface area contributed by atoms with E-state index in [-0.39, 0.29) is 10.8 Å². The molecule has 6 nitrogen and oxygen atoms in total. The van der Waals surface area contributed by atoms with E-state index >= 15 is 0 Å². The molecule has 0 atom stereocenters. The highest BCUT2D eigenvalue weighted by molar-refractivity contribution is 7.89. The molecule has 0 unspecified atom stereocenters. The Morgan fingerprint density at radius 3 is 2.46 bits per heavy atom. The predicted molar refractivity (Wildman–Crippen MR) is 102 cm³/mol. The van der Waals surface area contributed by atoms with Crippen LogP contribution in [-0.4, -0.2) is 39.8 Å². The maximum Gasteiger partial charge on any atom is 0.255 e. The van der Waals surface area contributed by atoms with Crippen LogP contribution >= 0.6 is 0 Å². The highest BCUT2D eigenvalue weighted by Gasteiger charge is 2.20. The van der Waals surface area contributed by atoms with Crippen LogP contribution in [0.15, 0.2) is 41.3 Å². The van der Waals surface area contributed by atoms with Gasteiger partial charge in [-0.3, -0.25) is 4.79 Å². The van der Waals surface area contributed by atoms with Crippen LogP contribution in [0.3, 0.4) is 0 Å². The van der Waals surface area contributed by atoms with E-state index in [1.54, 1.807) is 31.4 Å². The molecule has 0 aliphatic heterocycles. The van der Waals surface area contributed by atoms with Crippen LogP contribution in [0, 0.1) is 13.8 Å². The number of methoxy groups -OCH3 is 1. The smallest absolute Gasteiger partial charge is 0.255 e. The molecule has 26 heavy (non-hydrogen) atoms. The zero-order chi connectivity index (χ0) is 19.5. The lowest BCUT2D eigenvalue weighted by Crippen LogP contribution is -2.23. The first-order chi connectivity index (χ1) is 12.2. The van der Waals surface area contributed by atoms with Crippen molar-refractivity contribution in [3.8, 4) is 0 Å². The maximum absolute atomic E-state index is 12.6. The number of benzene rings is 2. The summed E-state index contributed by atoms with van der Waals surface area (Å²) in [6.45, 7) is 4.08. The topological polar surface area (TPSA) is 75.7 Å². The van der Waals surface area contributed by atoms with Gasteiger partial charge in [0.2, 0.25) is 10.0 Å². The molecule has 0 aromatic heterocycles. The molecule has 2 rings (SSSR count). The van der Waals surface area contributed by atoms with E-state index in [1.165, 1.54) is 20.2 Å². The second-order valence-electron chi connectivity index (χ2n) is 6.29. The van der Waals surface area contributed by atoms with Crippen molar-refractivity contribution in [2.45, 2.75) is 25.3 Å². The van der Waals surface area contributed by atoms with Crippen molar-refractivity contribution in [2.75, 3.05) is 26.5 Å². The van der Waals surface area contributed by atoms with Crippen LogP contribution < -0.4 is 5.32 Å². The van der Waals surface area contributed by atoms with Gasteiger partial charge in [0, 0.05) is 32.5 Å². The van der Waals surface area contributed by atoms with Crippen LogP contribution in [0.4, 0.5) is 5.69 Å². The Kier molecular flexibility index (Phi) is 6.17. The quantitative estimate of drug-likeness (QED) is 0.841. The molecule has 140 valence electrons. The molecule has 7 heteroatoms. The van der Waals surface area contributed by atoms with Gasteiger partial charge in [-0.2, -0.15) is 0 Å². The number of aryl methyl sites for hydroxylation is 1. The summed E-state index contributed by atoms with van der Waals surface area (Å²) in [5.41, 5.74) is 3.46. The first-order valence-electron chi connectivity index (χ1n) is 8.10. The Morgan fingerprint density at radius 2 is 1.85 bits per heavy atom.